The summed E-state index contributed by atoms with van der Waals surface area (Å²) in [6.07, 6.45) is 1.94. The number of hydrogen-bond donors (Lipinski definition) is 0. The molecule has 4 nitrogen and oxygen atoms in total. The van der Waals surface area contributed by atoms with E-state index in [1.807, 2.05) is 6.20 Å². The van der Waals surface area contributed by atoms with Crippen molar-refractivity contribution in [3.63, 3.8) is 0 Å². The largest absolute Gasteiger partial charge is 0.458 e. The fraction of sp³-hybridized carbons (Fsp3) is 0.171. The first-order valence-electron chi connectivity index (χ1n) is 14.3. The van der Waals surface area contributed by atoms with Crippen LogP contribution in [0.5, 0.6) is 11.5 Å². The fourth-order valence-corrected chi connectivity index (χ4v) is 7.13. The number of fused-ring (bicyclic) bond motifs is 3. The van der Waals surface area contributed by atoms with Gasteiger partial charge in [0.15, 0.2) is 0 Å². The number of pyridine rings is 1. The molecule has 0 spiro atoms. The number of ether oxygens (including phenoxy) is 1. The van der Waals surface area contributed by atoms with Gasteiger partial charge >= 0.3 is 6.98 Å². The van der Waals surface area contributed by atoms with E-state index in [9.17, 15) is 0 Å². The average molecular weight is 533 g/mol. The molecule has 3 heterocycles. The second-order valence-corrected chi connectivity index (χ2v) is 11.6. The lowest BCUT2D eigenvalue weighted by Gasteiger charge is -2.29. The summed E-state index contributed by atoms with van der Waals surface area (Å²) in [7, 11) is 4.39. The van der Waals surface area contributed by atoms with E-state index in [1.165, 1.54) is 49.8 Å². The van der Waals surface area contributed by atoms with Crippen molar-refractivity contribution in [3.8, 4) is 22.8 Å². The molecule has 0 fully saturated rings. The number of rotatable bonds is 3. The molecule has 0 amide bonds. The standard InChI is InChI=1S/C35H33B2N3O/c1-22-11-9-12-23(2)32(22)36-27-15-7-8-16-30(27)41-31-18-17-26(21-28(31)36)34-35-29(19-20-38-34)39(5)37(40(35)6)33-24(3)13-10-14-25(33)4/h7-21H,1-6H3. The second-order valence-electron chi connectivity index (χ2n) is 11.6. The monoisotopic (exact) mass is 533 g/mol. The number of hydrogen-bond acceptors (Lipinski definition) is 4. The van der Waals surface area contributed by atoms with Crippen molar-refractivity contribution in [1.29, 1.82) is 0 Å². The molecule has 0 bridgehead atoms. The van der Waals surface area contributed by atoms with Crippen molar-refractivity contribution in [3.05, 3.63) is 113 Å². The van der Waals surface area contributed by atoms with Crippen molar-refractivity contribution in [2.45, 2.75) is 27.7 Å². The molecule has 1 aromatic heterocycles. The van der Waals surface area contributed by atoms with E-state index >= 15 is 0 Å². The van der Waals surface area contributed by atoms with Gasteiger partial charge in [0.25, 0.3) is 6.71 Å². The van der Waals surface area contributed by atoms with Crippen LogP contribution in [0.4, 0.5) is 11.4 Å². The smallest absolute Gasteiger partial charge is 0.411 e. The van der Waals surface area contributed by atoms with Crippen molar-refractivity contribution in [2.75, 3.05) is 23.7 Å². The first-order chi connectivity index (χ1) is 19.8. The van der Waals surface area contributed by atoms with E-state index in [-0.39, 0.29) is 13.7 Å². The maximum Gasteiger partial charge on any atom is 0.411 e. The van der Waals surface area contributed by atoms with Gasteiger partial charge in [0.2, 0.25) is 0 Å². The van der Waals surface area contributed by atoms with Crippen LogP contribution in [-0.4, -0.2) is 32.8 Å². The topological polar surface area (TPSA) is 28.6 Å². The molecule has 4 aromatic carbocycles. The zero-order chi connectivity index (χ0) is 28.4. The second kappa shape index (κ2) is 9.59. The molecule has 7 rings (SSSR count). The molecule has 0 unspecified atom stereocenters. The van der Waals surface area contributed by atoms with Gasteiger partial charge in [0, 0.05) is 11.8 Å². The molecular weight excluding hydrogens is 500 g/mol. The quantitative estimate of drug-likeness (QED) is 0.303. The molecule has 0 atom stereocenters. The number of nitrogens with zero attached hydrogens (tertiary/aromatic N) is 3. The number of benzene rings is 4. The maximum absolute atomic E-state index is 6.49. The van der Waals surface area contributed by atoms with Crippen molar-refractivity contribution in [2.24, 2.45) is 0 Å². The first-order valence-corrected chi connectivity index (χ1v) is 14.3. The third kappa shape index (κ3) is 3.88. The summed E-state index contributed by atoms with van der Waals surface area (Å²) in [6, 6.07) is 30.3. The van der Waals surface area contributed by atoms with Crippen LogP contribution < -0.4 is 36.2 Å². The van der Waals surface area contributed by atoms with Gasteiger partial charge in [-0.15, -0.1) is 0 Å². The molecule has 0 saturated carbocycles. The van der Waals surface area contributed by atoms with E-state index < -0.39 is 0 Å². The minimum Gasteiger partial charge on any atom is -0.458 e. The predicted molar refractivity (Wildman–Crippen MR) is 175 cm³/mol. The van der Waals surface area contributed by atoms with Gasteiger partial charge in [-0.1, -0.05) is 88.4 Å². The van der Waals surface area contributed by atoms with Gasteiger partial charge in [0.1, 0.15) is 11.5 Å². The molecule has 41 heavy (non-hydrogen) atoms. The van der Waals surface area contributed by atoms with E-state index in [0.717, 1.165) is 28.4 Å². The molecule has 0 aliphatic carbocycles. The van der Waals surface area contributed by atoms with Crippen molar-refractivity contribution in [1.82, 2.24) is 4.98 Å². The summed E-state index contributed by atoms with van der Waals surface area (Å²) in [6.45, 7) is 9.03. The zero-order valence-corrected chi connectivity index (χ0v) is 24.6. The van der Waals surface area contributed by atoms with E-state index in [2.05, 4.69) is 136 Å². The molecule has 0 radical (unpaired) electrons. The fourth-order valence-electron chi connectivity index (χ4n) is 7.13. The Bertz CT molecular complexity index is 1790. The molecular formula is C35H33B2N3O. The average Bonchev–Trinajstić information content (AvgIpc) is 3.22. The minimum absolute atomic E-state index is 0.0793. The number of aryl methyl sites for hydroxylation is 4. The zero-order valence-electron chi connectivity index (χ0n) is 24.6. The number of para-hydroxylation sites is 1. The highest BCUT2D eigenvalue weighted by atomic mass is 16.5. The van der Waals surface area contributed by atoms with Gasteiger partial charge < -0.3 is 14.4 Å². The van der Waals surface area contributed by atoms with E-state index in [4.69, 9.17) is 9.72 Å². The van der Waals surface area contributed by atoms with Gasteiger partial charge in [-0.25, -0.2) is 0 Å². The van der Waals surface area contributed by atoms with Crippen LogP contribution in [0.25, 0.3) is 11.3 Å². The predicted octanol–water partition coefficient (Wildman–Crippen LogP) is 4.89. The molecule has 2 aliphatic heterocycles. The van der Waals surface area contributed by atoms with E-state index in [1.54, 1.807) is 0 Å². The highest BCUT2D eigenvalue weighted by Crippen LogP contribution is 2.43. The summed E-state index contributed by atoms with van der Waals surface area (Å²) in [5.41, 5.74) is 14.7. The van der Waals surface area contributed by atoms with Gasteiger partial charge in [-0.2, -0.15) is 0 Å². The van der Waals surface area contributed by atoms with Crippen LogP contribution >= 0.6 is 0 Å². The first kappa shape index (κ1) is 25.5. The number of aromatic nitrogens is 1. The summed E-state index contributed by atoms with van der Waals surface area (Å²) in [5, 5.41) is 0. The normalized spacial score (nSPS) is 13.6. The maximum atomic E-state index is 6.49. The Kier molecular flexibility index (Phi) is 5.97. The molecule has 2 aliphatic rings. The van der Waals surface area contributed by atoms with Crippen LogP contribution in [0.2, 0.25) is 0 Å². The lowest BCUT2D eigenvalue weighted by molar-refractivity contribution is 0.487. The van der Waals surface area contributed by atoms with Crippen molar-refractivity contribution >= 4 is 46.9 Å². The molecule has 200 valence electrons. The Hall–Kier alpha value is -4.44. The molecule has 6 heteroatoms. The van der Waals surface area contributed by atoms with Crippen LogP contribution in [-0.2, 0) is 0 Å². The van der Waals surface area contributed by atoms with Crippen molar-refractivity contribution < 1.29 is 4.74 Å². The SMILES string of the molecule is Cc1cccc(C)c1B1c2ccccc2Oc2ccc(-c3nccc4c3N(C)B(c3c(C)cccc3C)N4C)cc21. The summed E-state index contributed by atoms with van der Waals surface area (Å²) in [5.74, 6) is 1.84. The Morgan fingerprint density at radius 1 is 0.634 bits per heavy atom. The molecule has 5 aromatic rings. The third-order valence-corrected chi connectivity index (χ3v) is 9.04. The summed E-state index contributed by atoms with van der Waals surface area (Å²) >= 11 is 0. The third-order valence-electron chi connectivity index (χ3n) is 9.04. The Balaban J connectivity index is 1.40. The Labute approximate surface area is 243 Å². The van der Waals surface area contributed by atoms with Crippen LogP contribution in [0.1, 0.15) is 22.3 Å². The van der Waals surface area contributed by atoms with Gasteiger partial charge in [-0.05, 0) is 82.4 Å². The lowest BCUT2D eigenvalue weighted by atomic mass is 9.34. The summed E-state index contributed by atoms with van der Waals surface area (Å²) in [4.78, 5) is 9.77. The highest BCUT2D eigenvalue weighted by molar-refractivity contribution is 6.97. The molecule has 0 saturated heterocycles. The highest BCUT2D eigenvalue weighted by Gasteiger charge is 2.41. The van der Waals surface area contributed by atoms with Gasteiger partial charge in [-0.3, -0.25) is 4.98 Å². The summed E-state index contributed by atoms with van der Waals surface area (Å²) < 4.78 is 6.49. The van der Waals surface area contributed by atoms with Gasteiger partial charge in [0.05, 0.1) is 17.1 Å². The van der Waals surface area contributed by atoms with Crippen LogP contribution in [0.3, 0.4) is 0 Å². The number of anilines is 2. The molecule has 0 N–H and O–H groups in total. The van der Waals surface area contributed by atoms with E-state index in [0.29, 0.717) is 0 Å². The Morgan fingerprint density at radius 3 is 1.98 bits per heavy atom. The minimum atomic E-state index is 0.0793. The Morgan fingerprint density at radius 2 is 1.27 bits per heavy atom. The lowest BCUT2D eigenvalue weighted by Crippen LogP contribution is -2.56. The van der Waals surface area contributed by atoms with Crippen LogP contribution in [0, 0.1) is 27.7 Å². The van der Waals surface area contributed by atoms with Crippen LogP contribution in [0.15, 0.2) is 91.1 Å².